The van der Waals surface area contributed by atoms with Gasteiger partial charge in [0.2, 0.25) is 5.91 Å². The number of amides is 2. The first-order valence-electron chi connectivity index (χ1n) is 11.8. The van der Waals surface area contributed by atoms with E-state index >= 15 is 0 Å². The molecule has 0 unspecified atom stereocenters. The van der Waals surface area contributed by atoms with Crippen LogP contribution in [-0.2, 0) is 17.1 Å². The van der Waals surface area contributed by atoms with Crippen LogP contribution in [0.15, 0.2) is 72.1 Å². The summed E-state index contributed by atoms with van der Waals surface area (Å²) in [5, 5.41) is 0.777. The molecule has 0 atom stereocenters. The summed E-state index contributed by atoms with van der Waals surface area (Å²) in [4.78, 5) is 35.1. The van der Waals surface area contributed by atoms with Crippen LogP contribution in [0.3, 0.4) is 0 Å². The molecule has 2 aromatic heterocycles. The van der Waals surface area contributed by atoms with Gasteiger partial charge in [0.05, 0.1) is 23.8 Å². The summed E-state index contributed by atoms with van der Waals surface area (Å²) in [7, 11) is 0. The Morgan fingerprint density at radius 2 is 1.81 bits per heavy atom. The molecule has 0 saturated carbocycles. The molecule has 36 heavy (non-hydrogen) atoms. The van der Waals surface area contributed by atoms with Crippen molar-refractivity contribution < 1.29 is 14.0 Å². The van der Waals surface area contributed by atoms with E-state index in [9.17, 15) is 14.0 Å². The van der Waals surface area contributed by atoms with Crippen molar-refractivity contribution in [3.63, 3.8) is 0 Å². The van der Waals surface area contributed by atoms with Crippen molar-refractivity contribution in [3.05, 3.63) is 89.5 Å². The van der Waals surface area contributed by atoms with Crippen LogP contribution in [0.25, 0.3) is 11.0 Å². The molecule has 0 spiro atoms. The number of aromatic nitrogens is 3. The maximum atomic E-state index is 14.1. The average Bonchev–Trinajstić information content (AvgIpc) is 3.25. The van der Waals surface area contributed by atoms with Gasteiger partial charge in [0.1, 0.15) is 5.82 Å². The number of thioether (sulfide) groups is 1. The fourth-order valence-electron chi connectivity index (χ4n) is 4.45. The largest absolute Gasteiger partial charge is 0.369 e. The van der Waals surface area contributed by atoms with E-state index in [1.54, 1.807) is 29.4 Å². The van der Waals surface area contributed by atoms with Gasteiger partial charge in [0.15, 0.2) is 5.16 Å². The summed E-state index contributed by atoms with van der Waals surface area (Å²) in [6.45, 7) is 1.61. The molecule has 2 N–H and O–H groups in total. The van der Waals surface area contributed by atoms with E-state index in [1.807, 2.05) is 36.4 Å². The zero-order valence-corrected chi connectivity index (χ0v) is 20.5. The van der Waals surface area contributed by atoms with E-state index in [4.69, 9.17) is 10.7 Å². The lowest BCUT2D eigenvalue weighted by Gasteiger charge is -2.30. The smallest absolute Gasteiger partial charge is 0.253 e. The number of hydrogen-bond donors (Lipinski definition) is 1. The van der Waals surface area contributed by atoms with Crippen molar-refractivity contribution in [2.24, 2.45) is 11.7 Å². The van der Waals surface area contributed by atoms with Gasteiger partial charge in [-0.25, -0.2) is 9.37 Å². The van der Waals surface area contributed by atoms with Gasteiger partial charge >= 0.3 is 0 Å². The zero-order valence-electron chi connectivity index (χ0n) is 19.6. The molecule has 1 aliphatic rings. The van der Waals surface area contributed by atoms with Crippen LogP contribution in [-0.4, -0.2) is 44.3 Å². The summed E-state index contributed by atoms with van der Waals surface area (Å²) in [6.07, 6.45) is 4.70. The number of hydrogen-bond acceptors (Lipinski definition) is 5. The Bertz CT molecular complexity index is 1400. The van der Waals surface area contributed by atoms with Gasteiger partial charge in [0, 0.05) is 36.5 Å². The highest BCUT2D eigenvalue weighted by molar-refractivity contribution is 7.98. The first-order valence-corrected chi connectivity index (χ1v) is 12.8. The number of halogens is 1. The average molecular weight is 504 g/mol. The molecular formula is C27H26FN5O2S. The van der Waals surface area contributed by atoms with Crippen LogP contribution in [0.4, 0.5) is 4.39 Å². The standard InChI is InChI=1S/C27H26FN5O2S/c28-22-4-2-1-3-21(22)17-36-27-31-23-9-12-30-15-24(23)33(27)16-18-5-7-20(8-6-18)26(35)32-13-10-19(11-14-32)25(29)34/h1-9,12,15,19H,10-11,13-14,16-17H2,(H2,29,34). The Hall–Kier alpha value is -3.72. The summed E-state index contributed by atoms with van der Waals surface area (Å²) < 4.78 is 16.2. The van der Waals surface area contributed by atoms with Crippen LogP contribution in [0.5, 0.6) is 0 Å². The second kappa shape index (κ2) is 10.5. The van der Waals surface area contributed by atoms with Crippen LogP contribution < -0.4 is 5.73 Å². The molecular weight excluding hydrogens is 477 g/mol. The fraction of sp³-hybridized carbons (Fsp3) is 0.259. The molecule has 3 heterocycles. The number of piperidine rings is 1. The molecule has 1 aliphatic heterocycles. The zero-order chi connectivity index (χ0) is 25.1. The number of likely N-dealkylation sites (tertiary alicyclic amines) is 1. The molecule has 1 saturated heterocycles. The summed E-state index contributed by atoms with van der Waals surface area (Å²) in [6, 6.07) is 16.2. The number of fused-ring (bicyclic) bond motifs is 1. The predicted octanol–water partition coefficient (Wildman–Crippen LogP) is 4.25. The number of benzene rings is 2. The molecule has 1 fully saturated rings. The summed E-state index contributed by atoms with van der Waals surface area (Å²) in [5.74, 6) is -0.249. The van der Waals surface area contributed by atoms with E-state index in [0.717, 1.165) is 21.8 Å². The number of carbonyl (C=O) groups is 2. The van der Waals surface area contributed by atoms with E-state index in [1.165, 1.54) is 17.8 Å². The van der Waals surface area contributed by atoms with Gasteiger partial charge in [-0.1, -0.05) is 42.1 Å². The minimum atomic E-state index is -0.292. The van der Waals surface area contributed by atoms with Crippen molar-refractivity contribution in [3.8, 4) is 0 Å². The van der Waals surface area contributed by atoms with E-state index in [0.29, 0.717) is 49.4 Å². The highest BCUT2D eigenvalue weighted by Crippen LogP contribution is 2.28. The fourth-order valence-corrected chi connectivity index (χ4v) is 5.45. The monoisotopic (exact) mass is 503 g/mol. The second-order valence-electron chi connectivity index (χ2n) is 8.89. The number of nitrogens with two attached hydrogens (primary N) is 1. The van der Waals surface area contributed by atoms with Crippen molar-refractivity contribution >= 4 is 34.6 Å². The minimum absolute atomic E-state index is 0.0390. The minimum Gasteiger partial charge on any atom is -0.369 e. The van der Waals surface area contributed by atoms with Crippen molar-refractivity contribution in [2.45, 2.75) is 30.3 Å². The van der Waals surface area contributed by atoms with Gasteiger partial charge in [-0.2, -0.15) is 0 Å². The van der Waals surface area contributed by atoms with Crippen molar-refractivity contribution in [1.29, 1.82) is 0 Å². The predicted molar refractivity (Wildman–Crippen MR) is 137 cm³/mol. The van der Waals surface area contributed by atoms with Gasteiger partial charge < -0.3 is 15.2 Å². The van der Waals surface area contributed by atoms with Gasteiger partial charge in [0.25, 0.3) is 5.91 Å². The summed E-state index contributed by atoms with van der Waals surface area (Å²) in [5.41, 5.74) is 9.37. The normalized spacial score (nSPS) is 14.3. The van der Waals surface area contributed by atoms with Crippen LogP contribution in [0.1, 0.15) is 34.3 Å². The van der Waals surface area contributed by atoms with Crippen molar-refractivity contribution in [2.75, 3.05) is 13.1 Å². The second-order valence-corrected chi connectivity index (χ2v) is 9.83. The third kappa shape index (κ3) is 5.11. The first kappa shape index (κ1) is 24.0. The van der Waals surface area contributed by atoms with Crippen molar-refractivity contribution in [1.82, 2.24) is 19.4 Å². The third-order valence-electron chi connectivity index (χ3n) is 6.56. The number of pyridine rings is 1. The van der Waals surface area contributed by atoms with Gasteiger partial charge in [-0.15, -0.1) is 0 Å². The molecule has 0 bridgehead atoms. The molecule has 0 radical (unpaired) electrons. The number of primary amides is 1. The topological polar surface area (TPSA) is 94.1 Å². The molecule has 184 valence electrons. The molecule has 4 aromatic rings. The van der Waals surface area contributed by atoms with Crippen LogP contribution in [0.2, 0.25) is 0 Å². The Morgan fingerprint density at radius 1 is 1.06 bits per heavy atom. The highest BCUT2D eigenvalue weighted by atomic mass is 32.2. The Balaban J connectivity index is 1.32. The Labute approximate surface area is 212 Å². The third-order valence-corrected chi connectivity index (χ3v) is 7.58. The van der Waals surface area contributed by atoms with Crippen LogP contribution in [0, 0.1) is 11.7 Å². The molecule has 9 heteroatoms. The van der Waals surface area contributed by atoms with Gasteiger partial charge in [-0.3, -0.25) is 14.6 Å². The Kier molecular flexibility index (Phi) is 6.99. The number of carbonyl (C=O) groups excluding carboxylic acids is 2. The quantitative estimate of drug-likeness (QED) is 0.381. The maximum absolute atomic E-state index is 14.1. The Morgan fingerprint density at radius 3 is 2.53 bits per heavy atom. The lowest BCUT2D eigenvalue weighted by atomic mass is 9.96. The number of nitrogens with zero attached hydrogens (tertiary/aromatic N) is 4. The van der Waals surface area contributed by atoms with E-state index in [2.05, 4.69) is 9.55 Å². The highest BCUT2D eigenvalue weighted by Gasteiger charge is 2.26. The van der Waals surface area contributed by atoms with E-state index in [-0.39, 0.29) is 23.5 Å². The first-order chi connectivity index (χ1) is 17.5. The number of imidazole rings is 1. The molecule has 2 amide bonds. The lowest BCUT2D eigenvalue weighted by Crippen LogP contribution is -2.41. The maximum Gasteiger partial charge on any atom is 0.253 e. The molecule has 7 nitrogen and oxygen atoms in total. The lowest BCUT2D eigenvalue weighted by molar-refractivity contribution is -0.123. The van der Waals surface area contributed by atoms with E-state index < -0.39 is 0 Å². The SMILES string of the molecule is NC(=O)C1CCN(C(=O)c2ccc(Cn3c(SCc4ccccc4F)nc4ccncc43)cc2)CC1. The molecule has 5 rings (SSSR count). The van der Waals surface area contributed by atoms with Crippen LogP contribution >= 0.6 is 11.8 Å². The molecule has 2 aromatic carbocycles. The number of rotatable bonds is 7. The summed E-state index contributed by atoms with van der Waals surface area (Å²) >= 11 is 1.48. The molecule has 0 aliphatic carbocycles. The van der Waals surface area contributed by atoms with Gasteiger partial charge in [-0.05, 0) is 48.2 Å².